The second-order valence-electron chi connectivity index (χ2n) is 8.40. The van der Waals surface area contributed by atoms with Crippen LogP contribution in [0.1, 0.15) is 0 Å². The lowest BCUT2D eigenvalue weighted by molar-refractivity contribution is -0.605. The lowest BCUT2D eigenvalue weighted by Gasteiger charge is -2.43. The smallest absolute Gasteiger partial charge is 0.263 e. The minimum atomic E-state index is -9.31. The van der Waals surface area contributed by atoms with Crippen LogP contribution in [0, 0.1) is 0 Å². The van der Waals surface area contributed by atoms with Crippen molar-refractivity contribution in [2.24, 2.45) is 0 Å². The molecule has 0 heterocycles. The number of hydrogen-bond donors (Lipinski definition) is 0. The maximum absolute atomic E-state index is 14.5. The predicted octanol–water partition coefficient (Wildman–Crippen LogP) is 10.0. The molecule has 0 aliphatic heterocycles. The summed E-state index contributed by atoms with van der Waals surface area (Å²) < 4.78 is 423. The van der Waals surface area contributed by atoms with Gasteiger partial charge in [-0.1, -0.05) is 0 Å². The molecule has 5 nitrogen and oxygen atoms in total. The van der Waals surface area contributed by atoms with Gasteiger partial charge in [0.2, 0.25) is 0 Å². The molecule has 0 aliphatic rings. The van der Waals surface area contributed by atoms with Gasteiger partial charge in [-0.25, -0.2) is 9.47 Å². The molecule has 0 amide bonds. The summed E-state index contributed by atoms with van der Waals surface area (Å²) in [6.07, 6.45) is -103. The van der Waals surface area contributed by atoms with E-state index in [1.807, 2.05) is 0 Å². The van der Waals surface area contributed by atoms with E-state index in [0.717, 1.165) is 23.7 Å². The number of halogens is 32. The number of rotatable bonds is 14. The van der Waals surface area contributed by atoms with Gasteiger partial charge in [-0.3, -0.25) is 14.2 Å². The molecule has 3 unspecified atom stereocenters. The lowest BCUT2D eigenvalue weighted by atomic mass is 10.2. The maximum Gasteiger partial charge on any atom is 0.483 e. The molecule has 0 radical (unpaired) electrons. The first kappa shape index (κ1) is 49.6. The van der Waals surface area contributed by atoms with Crippen LogP contribution in [0.15, 0.2) is 0 Å². The van der Waals surface area contributed by atoms with E-state index in [1.165, 1.54) is 0 Å². The summed E-state index contributed by atoms with van der Waals surface area (Å²) in [7, 11) is 0. The molecule has 0 aromatic heterocycles. The van der Waals surface area contributed by atoms with Gasteiger partial charge in [0.25, 0.3) is 0 Å². The Bertz CT molecular complexity index is 1240. The summed E-state index contributed by atoms with van der Waals surface area (Å²) in [5.41, 5.74) is 0. The summed E-state index contributed by atoms with van der Waals surface area (Å²) in [5.74, 6) is -27.4. The van der Waals surface area contributed by atoms with Gasteiger partial charge in [-0.15, -0.1) is 0 Å². The number of ether oxygens (including phenoxy) is 5. The Morgan fingerprint density at radius 1 is 0.154 bits per heavy atom. The van der Waals surface area contributed by atoms with Gasteiger partial charge in [0.1, 0.15) is 0 Å². The Morgan fingerprint density at radius 2 is 0.308 bits per heavy atom. The normalized spacial score (nSPS) is 19.6. The van der Waals surface area contributed by atoms with Crippen LogP contribution < -0.4 is 0 Å². The maximum atomic E-state index is 14.5. The van der Waals surface area contributed by atoms with Crippen molar-refractivity contribution in [3.8, 4) is 0 Å². The third-order valence-electron chi connectivity index (χ3n) is 4.54. The largest absolute Gasteiger partial charge is 0.483 e. The molecule has 0 N–H and O–H groups in total. The minimum Gasteiger partial charge on any atom is -0.263 e. The van der Waals surface area contributed by atoms with Crippen LogP contribution in [0.2, 0.25) is 0 Å². The first-order chi connectivity index (χ1) is 21.8. The Morgan fingerprint density at radius 3 is 0.538 bits per heavy atom. The van der Waals surface area contributed by atoms with E-state index < -0.39 is 91.2 Å². The van der Waals surface area contributed by atoms with Crippen molar-refractivity contribution in [1.82, 2.24) is 0 Å². The Balaban J connectivity index is 7.80. The first-order valence-electron chi connectivity index (χ1n) is 10.3. The fraction of sp³-hybridized carbons (Fsp3) is 1.00. The molecule has 0 fully saturated rings. The molecule has 37 heteroatoms. The summed E-state index contributed by atoms with van der Waals surface area (Å²) in [6, 6.07) is 0. The Labute approximate surface area is 257 Å². The molecule has 0 saturated carbocycles. The molecular weight excluding hydrogens is 868 g/mol. The highest BCUT2D eigenvalue weighted by atomic mass is 19.5. The Kier molecular flexibility index (Phi) is 12.2. The van der Waals surface area contributed by atoms with Crippen molar-refractivity contribution in [1.29, 1.82) is 0 Å². The van der Waals surface area contributed by atoms with Crippen molar-refractivity contribution in [3.05, 3.63) is 0 Å². The van der Waals surface area contributed by atoms with E-state index in [1.54, 1.807) is 0 Å². The first-order valence-corrected chi connectivity index (χ1v) is 10.3. The van der Waals surface area contributed by atoms with E-state index in [-0.39, 0.29) is 0 Å². The van der Waals surface area contributed by atoms with Crippen molar-refractivity contribution < 1.29 is 164 Å². The van der Waals surface area contributed by atoms with E-state index in [4.69, 9.17) is 0 Å². The molecule has 0 aromatic carbocycles. The van der Waals surface area contributed by atoms with E-state index >= 15 is 0 Å². The molecule has 0 saturated heterocycles. The van der Waals surface area contributed by atoms with Gasteiger partial charge in [-0.2, -0.15) is 140 Å². The molecule has 0 bridgehead atoms. The third kappa shape index (κ3) is 8.75. The van der Waals surface area contributed by atoms with E-state index in [0.29, 0.717) is 0 Å². The van der Waals surface area contributed by atoms with Crippen LogP contribution in [0.4, 0.5) is 140 Å². The second-order valence-corrected chi connectivity index (χ2v) is 8.40. The van der Waals surface area contributed by atoms with Crippen molar-refractivity contribution in [2.75, 3.05) is 0 Å². The van der Waals surface area contributed by atoms with Crippen molar-refractivity contribution in [2.45, 2.75) is 91.2 Å². The average molecular weight is 868 g/mol. The zero-order valence-corrected chi connectivity index (χ0v) is 21.6. The van der Waals surface area contributed by atoms with E-state index in [2.05, 4.69) is 0 Å². The number of alkyl halides is 32. The zero-order chi connectivity index (χ0) is 43.0. The van der Waals surface area contributed by atoms with Gasteiger partial charge < -0.3 is 0 Å². The number of hydrogen-bond acceptors (Lipinski definition) is 5. The molecule has 314 valence electrons. The molecule has 0 aromatic rings. The zero-order valence-electron chi connectivity index (χ0n) is 21.6. The highest BCUT2D eigenvalue weighted by Gasteiger charge is 2.89. The summed E-state index contributed by atoms with van der Waals surface area (Å²) in [4.78, 5) is 0. The quantitative estimate of drug-likeness (QED) is 0.163. The van der Waals surface area contributed by atoms with Crippen LogP contribution >= 0.6 is 0 Å². The Hall–Kier alpha value is -2.44. The van der Waals surface area contributed by atoms with E-state index in [9.17, 15) is 140 Å². The minimum absolute atomic E-state index is 0.747. The third-order valence-corrected chi connectivity index (χ3v) is 4.54. The lowest BCUT2D eigenvalue weighted by Crippen LogP contribution is -2.72. The molecule has 52 heavy (non-hydrogen) atoms. The summed E-state index contributed by atoms with van der Waals surface area (Å²) in [5, 5.41) is 0. The second kappa shape index (κ2) is 12.8. The van der Waals surface area contributed by atoms with Gasteiger partial charge >= 0.3 is 91.2 Å². The fourth-order valence-corrected chi connectivity index (χ4v) is 2.14. The standard InChI is InChI=1S/C15F32O5/c16-1(4(19,20)21,49-13(42,43)6(25,26)27)9(34,35)48-2(17,5(22,23)24)10(36,37)51-11(38,39)3(18,50-14(44,45)7(28,29)30)12(40,41)52-15(46,47)8(31,32)33. The van der Waals surface area contributed by atoms with Gasteiger partial charge in [-0.05, 0) is 0 Å². The summed E-state index contributed by atoms with van der Waals surface area (Å²) >= 11 is 0. The highest BCUT2D eigenvalue weighted by molar-refractivity contribution is 4.98. The van der Waals surface area contributed by atoms with Crippen LogP contribution in [-0.4, -0.2) is 91.2 Å². The summed E-state index contributed by atoms with van der Waals surface area (Å²) in [6.45, 7) is 0. The van der Waals surface area contributed by atoms with Crippen LogP contribution in [0.3, 0.4) is 0 Å². The van der Waals surface area contributed by atoms with Crippen LogP contribution in [0.5, 0.6) is 0 Å². The highest BCUT2D eigenvalue weighted by Crippen LogP contribution is 2.61. The van der Waals surface area contributed by atoms with Gasteiger partial charge in [0, 0.05) is 0 Å². The SMILES string of the molecule is FC(F)(F)C(F)(F)OC(F)(F)C(F)(OC(F)(F)C(F)(F)F)C(F)(F)OC(F)(F)C(F)(OC(F)(F)C(F)(OC(F)(F)C(F)(F)F)C(F)(F)F)C(F)(F)F. The monoisotopic (exact) mass is 868 g/mol. The topological polar surface area (TPSA) is 46.2 Å². The molecule has 0 rings (SSSR count). The van der Waals surface area contributed by atoms with Gasteiger partial charge in [0.15, 0.2) is 0 Å². The van der Waals surface area contributed by atoms with Crippen molar-refractivity contribution >= 4 is 0 Å². The van der Waals surface area contributed by atoms with Crippen LogP contribution in [0.25, 0.3) is 0 Å². The average Bonchev–Trinajstić information content (AvgIpc) is 2.77. The molecule has 0 aliphatic carbocycles. The molecular formula is C15F32O5. The molecule has 3 atom stereocenters. The van der Waals surface area contributed by atoms with Crippen LogP contribution in [-0.2, 0) is 23.7 Å². The van der Waals surface area contributed by atoms with Gasteiger partial charge in [0.05, 0.1) is 0 Å². The van der Waals surface area contributed by atoms with Crippen molar-refractivity contribution in [3.63, 3.8) is 0 Å². The molecule has 0 spiro atoms. The predicted molar refractivity (Wildman–Crippen MR) is 81.8 cm³/mol. The fourth-order valence-electron chi connectivity index (χ4n) is 2.14.